The van der Waals surface area contributed by atoms with Crippen LogP contribution >= 0.6 is 0 Å². The SMILES string of the molecule is CNC(=O)CCCOC1(CN)CCCOC1. The summed E-state index contributed by atoms with van der Waals surface area (Å²) in [6, 6.07) is 0. The molecule has 0 saturated carbocycles. The minimum Gasteiger partial charge on any atom is -0.378 e. The van der Waals surface area contributed by atoms with E-state index in [0.717, 1.165) is 25.9 Å². The first-order chi connectivity index (χ1) is 7.72. The molecule has 0 aromatic carbocycles. The molecule has 1 heterocycles. The molecule has 1 fully saturated rings. The van der Waals surface area contributed by atoms with Crippen LogP contribution in [0.1, 0.15) is 25.7 Å². The highest BCUT2D eigenvalue weighted by Gasteiger charge is 2.32. The smallest absolute Gasteiger partial charge is 0.219 e. The Hall–Kier alpha value is -0.650. The Bertz CT molecular complexity index is 215. The molecule has 1 aliphatic heterocycles. The Morgan fingerprint density at radius 2 is 2.44 bits per heavy atom. The number of hydrogen-bond acceptors (Lipinski definition) is 4. The third-order valence-electron chi connectivity index (χ3n) is 2.89. The van der Waals surface area contributed by atoms with E-state index in [9.17, 15) is 4.79 Å². The molecule has 16 heavy (non-hydrogen) atoms. The van der Waals surface area contributed by atoms with E-state index in [1.165, 1.54) is 0 Å². The maximum Gasteiger partial charge on any atom is 0.219 e. The van der Waals surface area contributed by atoms with Crippen molar-refractivity contribution in [3.05, 3.63) is 0 Å². The minimum atomic E-state index is -0.319. The quantitative estimate of drug-likeness (QED) is 0.632. The lowest BCUT2D eigenvalue weighted by Crippen LogP contribution is -2.48. The van der Waals surface area contributed by atoms with Crippen LogP contribution in [0.2, 0.25) is 0 Å². The molecule has 5 nitrogen and oxygen atoms in total. The molecule has 0 aliphatic carbocycles. The first kappa shape index (κ1) is 13.4. The van der Waals surface area contributed by atoms with Crippen LogP contribution in [0.4, 0.5) is 0 Å². The molecule has 1 unspecified atom stereocenters. The summed E-state index contributed by atoms with van der Waals surface area (Å²) in [4.78, 5) is 11.0. The second-order valence-corrected chi connectivity index (χ2v) is 4.17. The molecule has 1 amide bonds. The van der Waals surface area contributed by atoms with Crippen LogP contribution in [0.25, 0.3) is 0 Å². The van der Waals surface area contributed by atoms with Gasteiger partial charge in [-0.15, -0.1) is 0 Å². The molecule has 1 rings (SSSR count). The Labute approximate surface area is 96.7 Å². The first-order valence-corrected chi connectivity index (χ1v) is 5.85. The summed E-state index contributed by atoms with van der Waals surface area (Å²) in [5, 5.41) is 2.58. The Morgan fingerprint density at radius 3 is 3.00 bits per heavy atom. The van der Waals surface area contributed by atoms with Gasteiger partial charge in [0, 0.05) is 33.2 Å². The summed E-state index contributed by atoms with van der Waals surface area (Å²) in [5.41, 5.74) is 5.40. The normalized spacial score (nSPS) is 25.4. The third-order valence-corrected chi connectivity index (χ3v) is 2.89. The first-order valence-electron chi connectivity index (χ1n) is 5.85. The van der Waals surface area contributed by atoms with Crippen LogP contribution < -0.4 is 11.1 Å². The number of carbonyl (C=O) groups is 1. The molecule has 0 bridgehead atoms. The van der Waals surface area contributed by atoms with Crippen molar-refractivity contribution >= 4 is 5.91 Å². The van der Waals surface area contributed by atoms with Crippen molar-refractivity contribution in [3.8, 4) is 0 Å². The van der Waals surface area contributed by atoms with Gasteiger partial charge >= 0.3 is 0 Å². The Morgan fingerprint density at radius 1 is 1.62 bits per heavy atom. The van der Waals surface area contributed by atoms with E-state index in [2.05, 4.69) is 5.32 Å². The third kappa shape index (κ3) is 4.08. The lowest BCUT2D eigenvalue weighted by Gasteiger charge is -2.35. The summed E-state index contributed by atoms with van der Waals surface area (Å²) in [6.07, 6.45) is 3.16. The summed E-state index contributed by atoms with van der Waals surface area (Å²) >= 11 is 0. The Balaban J connectivity index is 2.20. The summed E-state index contributed by atoms with van der Waals surface area (Å²) in [5.74, 6) is 0.0466. The molecule has 5 heteroatoms. The van der Waals surface area contributed by atoms with Gasteiger partial charge < -0.3 is 20.5 Å². The predicted octanol–water partition coefficient (Wildman–Crippen LogP) is 0.0371. The number of nitrogens with two attached hydrogens (primary N) is 1. The topological polar surface area (TPSA) is 73.6 Å². The second-order valence-electron chi connectivity index (χ2n) is 4.17. The average Bonchev–Trinajstić information content (AvgIpc) is 2.35. The number of hydrogen-bond donors (Lipinski definition) is 2. The molecule has 0 aromatic heterocycles. The Kier molecular flexibility index (Phi) is 5.73. The van der Waals surface area contributed by atoms with Crippen molar-refractivity contribution in [1.29, 1.82) is 0 Å². The fourth-order valence-electron chi connectivity index (χ4n) is 1.81. The van der Waals surface area contributed by atoms with Gasteiger partial charge in [0.05, 0.1) is 6.61 Å². The fourth-order valence-corrected chi connectivity index (χ4v) is 1.81. The number of amides is 1. The standard InChI is InChI=1S/C11H22N2O3/c1-13-10(14)4-2-7-16-11(8-12)5-3-6-15-9-11/h2-9,12H2,1H3,(H,13,14). The lowest BCUT2D eigenvalue weighted by atomic mass is 9.96. The van der Waals surface area contributed by atoms with Gasteiger partial charge in [-0.05, 0) is 19.3 Å². The van der Waals surface area contributed by atoms with Crippen LogP contribution in [-0.2, 0) is 14.3 Å². The van der Waals surface area contributed by atoms with E-state index < -0.39 is 0 Å². The number of carbonyl (C=O) groups excluding carboxylic acids is 1. The van der Waals surface area contributed by atoms with E-state index in [4.69, 9.17) is 15.2 Å². The lowest BCUT2D eigenvalue weighted by molar-refractivity contribution is -0.128. The zero-order chi connectivity index (χ0) is 11.9. The van der Waals surface area contributed by atoms with E-state index in [0.29, 0.717) is 26.2 Å². The van der Waals surface area contributed by atoms with E-state index in [1.807, 2.05) is 0 Å². The van der Waals surface area contributed by atoms with Crippen LogP contribution in [0.3, 0.4) is 0 Å². The zero-order valence-electron chi connectivity index (χ0n) is 9.96. The highest BCUT2D eigenvalue weighted by atomic mass is 16.5. The van der Waals surface area contributed by atoms with Crippen molar-refractivity contribution < 1.29 is 14.3 Å². The van der Waals surface area contributed by atoms with Gasteiger partial charge in [0.25, 0.3) is 0 Å². The highest BCUT2D eigenvalue weighted by Crippen LogP contribution is 2.22. The number of ether oxygens (including phenoxy) is 2. The van der Waals surface area contributed by atoms with Gasteiger partial charge in [-0.25, -0.2) is 0 Å². The van der Waals surface area contributed by atoms with Gasteiger partial charge in [0.2, 0.25) is 5.91 Å². The number of rotatable bonds is 6. The molecule has 1 atom stereocenters. The van der Waals surface area contributed by atoms with Gasteiger partial charge in [0.15, 0.2) is 0 Å². The van der Waals surface area contributed by atoms with Gasteiger partial charge in [-0.3, -0.25) is 4.79 Å². The number of nitrogens with one attached hydrogen (secondary N) is 1. The highest BCUT2D eigenvalue weighted by molar-refractivity contribution is 5.75. The van der Waals surface area contributed by atoms with Gasteiger partial charge in [-0.1, -0.05) is 0 Å². The summed E-state index contributed by atoms with van der Waals surface area (Å²) < 4.78 is 11.2. The van der Waals surface area contributed by atoms with Crippen LogP contribution in [-0.4, -0.2) is 44.9 Å². The van der Waals surface area contributed by atoms with Crippen molar-refractivity contribution in [2.75, 3.05) is 33.4 Å². The molecular formula is C11H22N2O3. The van der Waals surface area contributed by atoms with Crippen molar-refractivity contribution in [3.63, 3.8) is 0 Å². The molecule has 1 saturated heterocycles. The monoisotopic (exact) mass is 230 g/mol. The molecule has 0 spiro atoms. The molecule has 0 radical (unpaired) electrons. The fraction of sp³-hybridized carbons (Fsp3) is 0.909. The maximum atomic E-state index is 11.0. The van der Waals surface area contributed by atoms with Crippen LogP contribution in [0, 0.1) is 0 Å². The van der Waals surface area contributed by atoms with Gasteiger partial charge in [-0.2, -0.15) is 0 Å². The predicted molar refractivity (Wildman–Crippen MR) is 61.1 cm³/mol. The molecule has 94 valence electrons. The summed E-state index contributed by atoms with van der Waals surface area (Å²) in [7, 11) is 1.64. The molecule has 0 aromatic rings. The minimum absolute atomic E-state index is 0.0466. The van der Waals surface area contributed by atoms with Gasteiger partial charge in [0.1, 0.15) is 5.60 Å². The molecular weight excluding hydrogens is 208 g/mol. The van der Waals surface area contributed by atoms with E-state index in [-0.39, 0.29) is 11.5 Å². The van der Waals surface area contributed by atoms with Crippen LogP contribution in [0.15, 0.2) is 0 Å². The average molecular weight is 230 g/mol. The van der Waals surface area contributed by atoms with Crippen molar-refractivity contribution in [1.82, 2.24) is 5.32 Å². The zero-order valence-corrected chi connectivity index (χ0v) is 9.96. The van der Waals surface area contributed by atoms with Crippen molar-refractivity contribution in [2.45, 2.75) is 31.3 Å². The maximum absolute atomic E-state index is 11.0. The summed E-state index contributed by atoms with van der Waals surface area (Å²) in [6.45, 7) is 2.41. The van der Waals surface area contributed by atoms with E-state index in [1.54, 1.807) is 7.05 Å². The van der Waals surface area contributed by atoms with E-state index >= 15 is 0 Å². The largest absolute Gasteiger partial charge is 0.378 e. The van der Waals surface area contributed by atoms with Crippen molar-refractivity contribution in [2.24, 2.45) is 5.73 Å². The molecule has 3 N–H and O–H groups in total. The molecule has 1 aliphatic rings. The van der Waals surface area contributed by atoms with Crippen LogP contribution in [0.5, 0.6) is 0 Å². The second kappa shape index (κ2) is 6.83.